The molecule has 3 N–H and O–H groups in total. The van der Waals surface area contributed by atoms with Gasteiger partial charge in [-0.15, -0.1) is 5.10 Å². The highest BCUT2D eigenvalue weighted by Crippen LogP contribution is 1.94. The molecule has 7 heteroatoms. The number of hydrogen-bond acceptors (Lipinski definition) is 5. The lowest BCUT2D eigenvalue weighted by atomic mass is 10.3. The Morgan fingerprint density at radius 3 is 2.89 bits per heavy atom. The number of aromatic amines is 1. The third kappa shape index (κ3) is 3.51. The zero-order valence-electron chi connectivity index (χ0n) is 10.7. The Morgan fingerprint density at radius 2 is 2.22 bits per heavy atom. The zero-order valence-corrected chi connectivity index (χ0v) is 10.7. The van der Waals surface area contributed by atoms with Crippen LogP contribution in [0.25, 0.3) is 0 Å². The number of hydrogen-bond donors (Lipinski definition) is 3. The first-order valence-electron chi connectivity index (χ1n) is 6.42. The average Bonchev–Trinajstić information content (AvgIpc) is 2.89. The fourth-order valence-corrected chi connectivity index (χ4v) is 1.90. The number of aryl methyl sites for hydroxylation is 1. The van der Waals surface area contributed by atoms with Crippen LogP contribution in [0.3, 0.4) is 0 Å². The molecule has 0 aromatic carbocycles. The lowest BCUT2D eigenvalue weighted by Gasteiger charge is -2.26. The molecule has 1 aromatic rings. The maximum atomic E-state index is 11.7. The van der Waals surface area contributed by atoms with Crippen molar-refractivity contribution in [3.05, 3.63) is 11.6 Å². The minimum atomic E-state index is -0.207. The highest BCUT2D eigenvalue weighted by molar-refractivity contribution is 5.90. The summed E-state index contributed by atoms with van der Waals surface area (Å²) in [5, 5.41) is 12.7. The molecule has 0 radical (unpaired) electrons. The molecule has 1 fully saturated rings. The molecular weight excluding hydrogens is 232 g/mol. The highest BCUT2D eigenvalue weighted by atomic mass is 16.2. The van der Waals surface area contributed by atoms with Crippen LogP contribution in [0.5, 0.6) is 0 Å². The van der Waals surface area contributed by atoms with Gasteiger partial charge in [0.05, 0.1) is 0 Å². The van der Waals surface area contributed by atoms with Crippen LogP contribution in [0.2, 0.25) is 0 Å². The standard InChI is InChI=1S/C11H20N6O/c1-2-9-14-10(16-15-9)11(18)13-5-8-17-6-3-12-4-7-17/h12H,2-8H2,1H3,(H,13,18)(H,14,15,16). The fraction of sp³-hybridized carbons (Fsp3) is 0.727. The molecule has 0 atom stereocenters. The van der Waals surface area contributed by atoms with Gasteiger partial charge in [0, 0.05) is 45.7 Å². The number of nitrogens with zero attached hydrogens (tertiary/aromatic N) is 3. The third-order valence-electron chi connectivity index (χ3n) is 2.99. The molecule has 18 heavy (non-hydrogen) atoms. The molecule has 0 aliphatic carbocycles. The van der Waals surface area contributed by atoms with E-state index in [1.807, 2.05) is 6.92 Å². The Kier molecular flexibility index (Phi) is 4.66. The van der Waals surface area contributed by atoms with Crippen molar-refractivity contribution < 1.29 is 4.79 Å². The lowest BCUT2D eigenvalue weighted by Crippen LogP contribution is -2.46. The van der Waals surface area contributed by atoms with Gasteiger partial charge in [0.25, 0.3) is 5.91 Å². The number of H-pyrrole nitrogens is 1. The Balaban J connectivity index is 1.70. The summed E-state index contributed by atoms with van der Waals surface area (Å²) in [6.07, 6.45) is 0.751. The summed E-state index contributed by atoms with van der Waals surface area (Å²) in [6.45, 7) is 7.59. The fourth-order valence-electron chi connectivity index (χ4n) is 1.90. The van der Waals surface area contributed by atoms with E-state index in [0.29, 0.717) is 6.54 Å². The van der Waals surface area contributed by atoms with Gasteiger partial charge in [-0.3, -0.25) is 14.8 Å². The molecule has 2 heterocycles. The highest BCUT2D eigenvalue weighted by Gasteiger charge is 2.13. The zero-order chi connectivity index (χ0) is 12.8. The quantitative estimate of drug-likeness (QED) is 0.626. The summed E-state index contributed by atoms with van der Waals surface area (Å²) >= 11 is 0. The Labute approximate surface area is 106 Å². The number of carbonyl (C=O) groups excluding carboxylic acids is 1. The first-order chi connectivity index (χ1) is 8.79. The maximum Gasteiger partial charge on any atom is 0.291 e. The van der Waals surface area contributed by atoms with Crippen LogP contribution in [0.1, 0.15) is 23.4 Å². The van der Waals surface area contributed by atoms with Crippen LogP contribution in [0.4, 0.5) is 0 Å². The third-order valence-corrected chi connectivity index (χ3v) is 2.99. The van der Waals surface area contributed by atoms with Gasteiger partial charge in [-0.05, 0) is 0 Å². The summed E-state index contributed by atoms with van der Waals surface area (Å²) in [7, 11) is 0. The van der Waals surface area contributed by atoms with E-state index in [4.69, 9.17) is 0 Å². The summed E-state index contributed by atoms with van der Waals surface area (Å²) in [4.78, 5) is 18.1. The molecule has 1 aromatic heterocycles. The van der Waals surface area contributed by atoms with Gasteiger partial charge < -0.3 is 10.6 Å². The average molecular weight is 252 g/mol. The van der Waals surface area contributed by atoms with Crippen LogP contribution >= 0.6 is 0 Å². The van der Waals surface area contributed by atoms with Crippen molar-refractivity contribution in [2.24, 2.45) is 0 Å². The summed E-state index contributed by atoms with van der Waals surface area (Å²) < 4.78 is 0. The first-order valence-corrected chi connectivity index (χ1v) is 6.42. The van der Waals surface area contributed by atoms with Gasteiger partial charge in [-0.1, -0.05) is 6.92 Å². The first kappa shape index (κ1) is 13.0. The van der Waals surface area contributed by atoms with Gasteiger partial charge >= 0.3 is 0 Å². The molecular formula is C11H20N6O. The molecule has 1 saturated heterocycles. The van der Waals surface area contributed by atoms with Crippen molar-refractivity contribution in [3.63, 3.8) is 0 Å². The SMILES string of the molecule is CCc1nc(C(=O)NCCN2CCNCC2)n[nH]1. The molecule has 0 spiro atoms. The van der Waals surface area contributed by atoms with E-state index >= 15 is 0 Å². The van der Waals surface area contributed by atoms with Gasteiger partial charge in [0.1, 0.15) is 5.82 Å². The maximum absolute atomic E-state index is 11.7. The molecule has 100 valence electrons. The van der Waals surface area contributed by atoms with E-state index in [1.165, 1.54) is 0 Å². The van der Waals surface area contributed by atoms with E-state index < -0.39 is 0 Å². The van der Waals surface area contributed by atoms with Crippen LogP contribution < -0.4 is 10.6 Å². The van der Waals surface area contributed by atoms with E-state index in [-0.39, 0.29) is 11.7 Å². The van der Waals surface area contributed by atoms with Crippen LogP contribution in [-0.4, -0.2) is 65.3 Å². The van der Waals surface area contributed by atoms with Gasteiger partial charge in [0.2, 0.25) is 5.82 Å². The van der Waals surface area contributed by atoms with Crippen molar-refractivity contribution in [1.29, 1.82) is 0 Å². The minimum absolute atomic E-state index is 0.207. The van der Waals surface area contributed by atoms with Gasteiger partial charge in [0.15, 0.2) is 0 Å². The smallest absolute Gasteiger partial charge is 0.291 e. The van der Waals surface area contributed by atoms with E-state index in [2.05, 4.69) is 30.7 Å². The minimum Gasteiger partial charge on any atom is -0.348 e. The van der Waals surface area contributed by atoms with Crippen LogP contribution in [-0.2, 0) is 6.42 Å². The monoisotopic (exact) mass is 252 g/mol. The number of piperazine rings is 1. The van der Waals surface area contributed by atoms with Crippen molar-refractivity contribution in [2.75, 3.05) is 39.3 Å². The Morgan fingerprint density at radius 1 is 1.44 bits per heavy atom. The summed E-state index contributed by atoms with van der Waals surface area (Å²) in [5.74, 6) is 0.760. The summed E-state index contributed by atoms with van der Waals surface area (Å²) in [5.41, 5.74) is 0. The second-order valence-corrected chi connectivity index (χ2v) is 4.31. The molecule has 1 aliphatic rings. The van der Waals surface area contributed by atoms with Crippen molar-refractivity contribution in [3.8, 4) is 0 Å². The van der Waals surface area contributed by atoms with E-state index in [0.717, 1.165) is 45.0 Å². The number of amides is 1. The number of rotatable bonds is 5. The topological polar surface area (TPSA) is 85.9 Å². The predicted molar refractivity (Wildman–Crippen MR) is 67.4 cm³/mol. The Bertz CT molecular complexity index is 385. The molecule has 1 aliphatic heterocycles. The number of carbonyl (C=O) groups is 1. The Hall–Kier alpha value is -1.47. The van der Waals surface area contributed by atoms with Crippen molar-refractivity contribution in [2.45, 2.75) is 13.3 Å². The molecule has 1 amide bonds. The molecule has 7 nitrogen and oxygen atoms in total. The summed E-state index contributed by atoms with van der Waals surface area (Å²) in [6, 6.07) is 0. The predicted octanol–water partition coefficient (Wildman–Crippen LogP) is -0.998. The molecule has 0 unspecified atom stereocenters. The lowest BCUT2D eigenvalue weighted by molar-refractivity contribution is 0.0937. The second-order valence-electron chi connectivity index (χ2n) is 4.31. The van der Waals surface area contributed by atoms with Crippen molar-refractivity contribution >= 4 is 5.91 Å². The van der Waals surface area contributed by atoms with E-state index in [1.54, 1.807) is 0 Å². The normalized spacial score (nSPS) is 16.7. The largest absolute Gasteiger partial charge is 0.348 e. The number of aromatic nitrogens is 3. The molecule has 0 bridgehead atoms. The van der Waals surface area contributed by atoms with Crippen LogP contribution in [0, 0.1) is 0 Å². The number of nitrogens with one attached hydrogen (secondary N) is 3. The van der Waals surface area contributed by atoms with E-state index in [9.17, 15) is 4.79 Å². The molecule has 0 saturated carbocycles. The van der Waals surface area contributed by atoms with Crippen molar-refractivity contribution in [1.82, 2.24) is 30.7 Å². The van der Waals surface area contributed by atoms with Gasteiger partial charge in [-0.2, -0.15) is 0 Å². The van der Waals surface area contributed by atoms with Crippen LogP contribution in [0.15, 0.2) is 0 Å². The molecule has 2 rings (SSSR count). The van der Waals surface area contributed by atoms with Gasteiger partial charge in [-0.25, -0.2) is 4.98 Å². The second kappa shape index (κ2) is 6.46.